The van der Waals surface area contributed by atoms with E-state index in [1.54, 1.807) is 0 Å². The summed E-state index contributed by atoms with van der Waals surface area (Å²) in [4.78, 5) is 2.49. The predicted molar refractivity (Wildman–Crippen MR) is 51.9 cm³/mol. The van der Waals surface area contributed by atoms with Crippen molar-refractivity contribution in [2.24, 2.45) is 5.92 Å². The maximum Gasteiger partial charge on any atom is 0.0573 e. The number of rotatable bonds is 4. The van der Waals surface area contributed by atoms with Crippen LogP contribution in [0.3, 0.4) is 0 Å². The maximum atomic E-state index is 5.14. The van der Waals surface area contributed by atoms with Crippen LogP contribution in [0.4, 0.5) is 0 Å². The zero-order valence-corrected chi connectivity index (χ0v) is 7.84. The molecular formula is C10H18N2. The Morgan fingerprint density at radius 3 is 3.08 bits per heavy atom. The zero-order chi connectivity index (χ0) is 8.81. The van der Waals surface area contributed by atoms with Crippen molar-refractivity contribution >= 4 is 0 Å². The SMILES string of the molecule is C#CCNCC1CCN(CC)C1. The number of likely N-dealkylation sites (tertiary alicyclic amines) is 1. The van der Waals surface area contributed by atoms with Crippen molar-refractivity contribution in [1.29, 1.82) is 0 Å². The van der Waals surface area contributed by atoms with Crippen molar-refractivity contribution in [3.8, 4) is 12.3 Å². The number of nitrogens with zero attached hydrogens (tertiary/aromatic N) is 1. The Bertz CT molecular complexity index is 160. The highest BCUT2D eigenvalue weighted by molar-refractivity contribution is 4.87. The molecule has 2 heteroatoms. The molecule has 68 valence electrons. The van der Waals surface area contributed by atoms with Crippen LogP contribution < -0.4 is 5.32 Å². The van der Waals surface area contributed by atoms with E-state index in [0.29, 0.717) is 6.54 Å². The van der Waals surface area contributed by atoms with Crippen LogP contribution in [-0.2, 0) is 0 Å². The molecule has 1 aliphatic heterocycles. The molecule has 1 atom stereocenters. The topological polar surface area (TPSA) is 15.3 Å². The second-order valence-electron chi connectivity index (χ2n) is 3.38. The lowest BCUT2D eigenvalue weighted by atomic mass is 10.1. The van der Waals surface area contributed by atoms with Crippen molar-refractivity contribution in [3.05, 3.63) is 0 Å². The van der Waals surface area contributed by atoms with Gasteiger partial charge in [-0.15, -0.1) is 6.42 Å². The van der Waals surface area contributed by atoms with Crippen LogP contribution in [0.15, 0.2) is 0 Å². The van der Waals surface area contributed by atoms with Gasteiger partial charge in [0.15, 0.2) is 0 Å². The van der Waals surface area contributed by atoms with Gasteiger partial charge in [0.25, 0.3) is 0 Å². The Morgan fingerprint density at radius 1 is 1.67 bits per heavy atom. The highest BCUT2D eigenvalue weighted by Crippen LogP contribution is 2.14. The van der Waals surface area contributed by atoms with Gasteiger partial charge < -0.3 is 10.2 Å². The van der Waals surface area contributed by atoms with E-state index in [1.165, 1.54) is 26.1 Å². The van der Waals surface area contributed by atoms with E-state index in [9.17, 15) is 0 Å². The Hall–Kier alpha value is -0.520. The van der Waals surface area contributed by atoms with Gasteiger partial charge in [0.1, 0.15) is 0 Å². The van der Waals surface area contributed by atoms with Crippen LogP contribution in [0.25, 0.3) is 0 Å². The lowest BCUT2D eigenvalue weighted by Crippen LogP contribution is -2.26. The summed E-state index contributed by atoms with van der Waals surface area (Å²) in [5.41, 5.74) is 0. The minimum absolute atomic E-state index is 0.711. The van der Waals surface area contributed by atoms with Gasteiger partial charge in [0, 0.05) is 13.1 Å². The third kappa shape index (κ3) is 2.84. The first kappa shape index (κ1) is 9.57. The first-order valence-electron chi connectivity index (χ1n) is 4.73. The molecule has 0 amide bonds. The second kappa shape index (κ2) is 5.18. The fourth-order valence-electron chi connectivity index (χ4n) is 1.72. The monoisotopic (exact) mass is 166 g/mol. The van der Waals surface area contributed by atoms with Gasteiger partial charge in [-0.1, -0.05) is 12.8 Å². The molecule has 1 fully saturated rings. The van der Waals surface area contributed by atoms with Crippen LogP contribution >= 0.6 is 0 Å². The van der Waals surface area contributed by atoms with Crippen molar-refractivity contribution < 1.29 is 0 Å². The summed E-state index contributed by atoms with van der Waals surface area (Å²) in [6.07, 6.45) is 6.47. The number of terminal acetylenes is 1. The molecule has 12 heavy (non-hydrogen) atoms. The maximum absolute atomic E-state index is 5.14. The summed E-state index contributed by atoms with van der Waals surface area (Å²) in [5.74, 6) is 3.41. The lowest BCUT2D eigenvalue weighted by molar-refractivity contribution is 0.340. The third-order valence-electron chi connectivity index (χ3n) is 2.48. The standard InChI is InChI=1S/C10H18N2/c1-3-6-11-8-10-5-7-12(4-2)9-10/h1,10-11H,4-9H2,2H3. The van der Waals surface area contributed by atoms with Crippen molar-refractivity contribution in [3.63, 3.8) is 0 Å². The molecule has 1 heterocycles. The Labute approximate surface area is 75.3 Å². The van der Waals surface area contributed by atoms with Gasteiger partial charge >= 0.3 is 0 Å². The van der Waals surface area contributed by atoms with Gasteiger partial charge in [0.05, 0.1) is 6.54 Å². The summed E-state index contributed by atoms with van der Waals surface area (Å²) in [7, 11) is 0. The fraction of sp³-hybridized carbons (Fsp3) is 0.800. The number of hydrogen-bond acceptors (Lipinski definition) is 2. The van der Waals surface area contributed by atoms with Gasteiger partial charge in [-0.05, 0) is 25.4 Å². The Kier molecular flexibility index (Phi) is 4.13. The largest absolute Gasteiger partial charge is 0.306 e. The molecule has 0 spiro atoms. The molecule has 0 aliphatic carbocycles. The Balaban J connectivity index is 2.07. The number of hydrogen-bond donors (Lipinski definition) is 1. The summed E-state index contributed by atoms with van der Waals surface area (Å²) in [5, 5.41) is 3.26. The van der Waals surface area contributed by atoms with Crippen LogP contribution in [0, 0.1) is 18.3 Å². The molecule has 1 N–H and O–H groups in total. The molecule has 0 radical (unpaired) electrons. The molecule has 0 aromatic heterocycles. The van der Waals surface area contributed by atoms with E-state index in [2.05, 4.69) is 23.1 Å². The van der Waals surface area contributed by atoms with E-state index in [0.717, 1.165) is 12.5 Å². The molecule has 1 saturated heterocycles. The van der Waals surface area contributed by atoms with Crippen molar-refractivity contribution in [2.75, 3.05) is 32.7 Å². The molecule has 0 aromatic rings. The average Bonchev–Trinajstić information content (AvgIpc) is 2.53. The normalized spacial score (nSPS) is 24.2. The molecule has 1 unspecified atom stereocenters. The fourth-order valence-corrected chi connectivity index (χ4v) is 1.72. The minimum Gasteiger partial charge on any atom is -0.306 e. The summed E-state index contributed by atoms with van der Waals surface area (Å²) >= 11 is 0. The zero-order valence-electron chi connectivity index (χ0n) is 7.84. The van der Waals surface area contributed by atoms with E-state index in [1.807, 2.05) is 0 Å². The van der Waals surface area contributed by atoms with E-state index < -0.39 is 0 Å². The summed E-state index contributed by atoms with van der Waals surface area (Å²) in [6, 6.07) is 0. The Morgan fingerprint density at radius 2 is 2.50 bits per heavy atom. The van der Waals surface area contributed by atoms with E-state index in [-0.39, 0.29) is 0 Å². The van der Waals surface area contributed by atoms with E-state index in [4.69, 9.17) is 6.42 Å². The smallest absolute Gasteiger partial charge is 0.0573 e. The molecule has 1 aliphatic rings. The highest BCUT2D eigenvalue weighted by atomic mass is 15.1. The van der Waals surface area contributed by atoms with Gasteiger partial charge in [-0.25, -0.2) is 0 Å². The quantitative estimate of drug-likeness (QED) is 0.485. The minimum atomic E-state index is 0.711. The van der Waals surface area contributed by atoms with Crippen LogP contribution in [0.1, 0.15) is 13.3 Å². The van der Waals surface area contributed by atoms with Gasteiger partial charge in [-0.3, -0.25) is 0 Å². The first-order chi connectivity index (χ1) is 5.86. The van der Waals surface area contributed by atoms with Crippen molar-refractivity contribution in [2.45, 2.75) is 13.3 Å². The second-order valence-corrected chi connectivity index (χ2v) is 3.38. The van der Waals surface area contributed by atoms with Gasteiger partial charge in [0.2, 0.25) is 0 Å². The van der Waals surface area contributed by atoms with E-state index >= 15 is 0 Å². The highest BCUT2D eigenvalue weighted by Gasteiger charge is 2.19. The molecule has 0 saturated carbocycles. The number of nitrogens with one attached hydrogen (secondary N) is 1. The molecule has 1 rings (SSSR count). The first-order valence-corrected chi connectivity index (χ1v) is 4.73. The van der Waals surface area contributed by atoms with Gasteiger partial charge in [-0.2, -0.15) is 0 Å². The van der Waals surface area contributed by atoms with Crippen molar-refractivity contribution in [1.82, 2.24) is 10.2 Å². The van der Waals surface area contributed by atoms with Crippen LogP contribution in [0.2, 0.25) is 0 Å². The molecule has 0 aromatic carbocycles. The molecule has 0 bridgehead atoms. The van der Waals surface area contributed by atoms with Crippen LogP contribution in [-0.4, -0.2) is 37.6 Å². The molecular weight excluding hydrogens is 148 g/mol. The summed E-state index contributed by atoms with van der Waals surface area (Å²) < 4.78 is 0. The molecule has 2 nitrogen and oxygen atoms in total. The summed E-state index contributed by atoms with van der Waals surface area (Å²) in [6.45, 7) is 7.71. The van der Waals surface area contributed by atoms with Crippen LogP contribution in [0.5, 0.6) is 0 Å². The third-order valence-corrected chi connectivity index (χ3v) is 2.48. The lowest BCUT2D eigenvalue weighted by Gasteiger charge is -2.12. The predicted octanol–water partition coefficient (Wildman–Crippen LogP) is 0.551. The average molecular weight is 166 g/mol.